The van der Waals surface area contributed by atoms with Crippen molar-refractivity contribution in [2.75, 3.05) is 19.7 Å². The third kappa shape index (κ3) is 8.31. The SMILES string of the molecule is CC(C)(CCCCNCCCCCO)C(N)=NO. The smallest absolute Gasteiger partial charge is 0.144 e. The minimum atomic E-state index is -0.226. The van der Waals surface area contributed by atoms with E-state index < -0.39 is 0 Å². The quantitative estimate of drug-likeness (QED) is 0.149. The van der Waals surface area contributed by atoms with Crippen molar-refractivity contribution in [3.8, 4) is 0 Å². The van der Waals surface area contributed by atoms with Gasteiger partial charge in [0.15, 0.2) is 0 Å². The summed E-state index contributed by atoms with van der Waals surface area (Å²) in [5, 5.41) is 23.7. The van der Waals surface area contributed by atoms with Gasteiger partial charge in [0, 0.05) is 12.0 Å². The third-order valence-corrected chi connectivity index (χ3v) is 3.22. The first-order valence-corrected chi connectivity index (χ1v) is 6.84. The van der Waals surface area contributed by atoms with Gasteiger partial charge in [-0.2, -0.15) is 0 Å². The molecule has 0 aliphatic heterocycles. The maximum atomic E-state index is 8.65. The van der Waals surface area contributed by atoms with Gasteiger partial charge in [0.25, 0.3) is 0 Å². The molecule has 0 amide bonds. The van der Waals surface area contributed by atoms with Crippen LogP contribution in [0.3, 0.4) is 0 Å². The zero-order chi connectivity index (χ0) is 13.9. The third-order valence-electron chi connectivity index (χ3n) is 3.22. The Morgan fingerprint density at radius 2 is 1.72 bits per heavy atom. The van der Waals surface area contributed by atoms with Gasteiger partial charge >= 0.3 is 0 Å². The predicted octanol–water partition coefficient (Wildman–Crippen LogP) is 1.68. The van der Waals surface area contributed by atoms with E-state index in [1.807, 2.05) is 13.8 Å². The number of nitrogens with zero attached hydrogens (tertiary/aromatic N) is 1. The summed E-state index contributed by atoms with van der Waals surface area (Å²) in [5.41, 5.74) is 5.40. The number of oxime groups is 1. The molecule has 0 fully saturated rings. The molecule has 5 heteroatoms. The van der Waals surface area contributed by atoms with Crippen molar-refractivity contribution in [3.05, 3.63) is 0 Å². The van der Waals surface area contributed by atoms with Crippen molar-refractivity contribution in [2.24, 2.45) is 16.3 Å². The highest BCUT2D eigenvalue weighted by Gasteiger charge is 2.22. The lowest BCUT2D eigenvalue weighted by Gasteiger charge is -2.22. The molecule has 0 rings (SSSR count). The Morgan fingerprint density at radius 3 is 2.28 bits per heavy atom. The normalized spacial score (nSPS) is 12.9. The second-order valence-corrected chi connectivity index (χ2v) is 5.36. The molecule has 0 bridgehead atoms. The van der Waals surface area contributed by atoms with Gasteiger partial charge in [-0.15, -0.1) is 0 Å². The Kier molecular flexibility index (Phi) is 9.69. The van der Waals surface area contributed by atoms with Crippen LogP contribution in [0.1, 0.15) is 52.4 Å². The number of nitrogens with one attached hydrogen (secondary N) is 1. The molecule has 0 saturated carbocycles. The molecule has 0 aliphatic carbocycles. The number of nitrogens with two attached hydrogens (primary N) is 1. The van der Waals surface area contributed by atoms with Crippen molar-refractivity contribution in [1.82, 2.24) is 5.32 Å². The standard InChI is InChI=1S/C13H29N3O2/c1-13(2,12(14)16-18)8-4-6-10-15-9-5-3-7-11-17/h15,17-18H,3-11H2,1-2H3,(H2,14,16). The summed E-state index contributed by atoms with van der Waals surface area (Å²) in [6.07, 6.45) is 6.19. The summed E-state index contributed by atoms with van der Waals surface area (Å²) < 4.78 is 0. The Bertz CT molecular complexity index is 230. The van der Waals surface area contributed by atoms with Gasteiger partial charge in [0.1, 0.15) is 5.84 Å². The number of hydrogen-bond acceptors (Lipinski definition) is 4. The molecule has 0 heterocycles. The minimum Gasteiger partial charge on any atom is -0.409 e. The van der Waals surface area contributed by atoms with Gasteiger partial charge in [-0.3, -0.25) is 0 Å². The van der Waals surface area contributed by atoms with Gasteiger partial charge in [-0.25, -0.2) is 0 Å². The fourth-order valence-corrected chi connectivity index (χ4v) is 1.74. The zero-order valence-corrected chi connectivity index (χ0v) is 11.8. The Hall–Kier alpha value is -0.810. The summed E-state index contributed by atoms with van der Waals surface area (Å²) >= 11 is 0. The van der Waals surface area contributed by atoms with Crippen LogP contribution in [0.4, 0.5) is 0 Å². The van der Waals surface area contributed by atoms with Crippen LogP contribution in [-0.4, -0.2) is 35.8 Å². The Morgan fingerprint density at radius 1 is 1.11 bits per heavy atom. The van der Waals surface area contributed by atoms with Gasteiger partial charge in [-0.05, 0) is 45.2 Å². The average molecular weight is 259 g/mol. The molecule has 5 nitrogen and oxygen atoms in total. The zero-order valence-electron chi connectivity index (χ0n) is 11.8. The van der Waals surface area contributed by atoms with Gasteiger partial charge < -0.3 is 21.4 Å². The molecule has 108 valence electrons. The molecule has 0 aromatic carbocycles. The second-order valence-electron chi connectivity index (χ2n) is 5.36. The number of rotatable bonds is 11. The van der Waals surface area contributed by atoms with Gasteiger partial charge in [-0.1, -0.05) is 25.4 Å². The molecule has 0 aliphatic rings. The summed E-state index contributed by atoms with van der Waals surface area (Å²) in [6.45, 7) is 6.30. The van der Waals surface area contributed by atoms with Crippen molar-refractivity contribution < 1.29 is 10.3 Å². The van der Waals surface area contributed by atoms with Crippen LogP contribution >= 0.6 is 0 Å². The monoisotopic (exact) mass is 259 g/mol. The van der Waals surface area contributed by atoms with E-state index in [0.29, 0.717) is 12.4 Å². The number of hydrogen-bond donors (Lipinski definition) is 4. The van der Waals surface area contributed by atoms with Crippen LogP contribution in [0, 0.1) is 5.41 Å². The van der Waals surface area contributed by atoms with Crippen LogP contribution in [0.5, 0.6) is 0 Å². The van der Waals surface area contributed by atoms with E-state index in [2.05, 4.69) is 10.5 Å². The van der Waals surface area contributed by atoms with Crippen LogP contribution in [0.25, 0.3) is 0 Å². The molecule has 0 atom stereocenters. The van der Waals surface area contributed by atoms with Crippen LogP contribution in [0.15, 0.2) is 5.16 Å². The van der Waals surface area contributed by atoms with Crippen molar-refractivity contribution in [2.45, 2.75) is 52.4 Å². The van der Waals surface area contributed by atoms with E-state index in [4.69, 9.17) is 16.0 Å². The lowest BCUT2D eigenvalue weighted by atomic mass is 9.86. The van der Waals surface area contributed by atoms with E-state index >= 15 is 0 Å². The van der Waals surface area contributed by atoms with Crippen LogP contribution < -0.4 is 11.1 Å². The maximum Gasteiger partial charge on any atom is 0.144 e. The lowest BCUT2D eigenvalue weighted by Crippen LogP contribution is -2.32. The summed E-state index contributed by atoms with van der Waals surface area (Å²) in [6, 6.07) is 0. The van der Waals surface area contributed by atoms with Crippen molar-refractivity contribution in [1.29, 1.82) is 0 Å². The topological polar surface area (TPSA) is 90.9 Å². The number of unbranched alkanes of at least 4 members (excludes halogenated alkanes) is 3. The summed E-state index contributed by atoms with van der Waals surface area (Å²) in [7, 11) is 0. The summed E-state index contributed by atoms with van der Waals surface area (Å²) in [4.78, 5) is 0. The Labute approximate surface area is 110 Å². The molecule has 0 saturated heterocycles. The molecule has 0 radical (unpaired) electrons. The fraction of sp³-hybridized carbons (Fsp3) is 0.923. The van der Waals surface area contributed by atoms with Crippen molar-refractivity contribution in [3.63, 3.8) is 0 Å². The highest BCUT2D eigenvalue weighted by Crippen LogP contribution is 2.22. The van der Waals surface area contributed by atoms with Gasteiger partial charge in [0.2, 0.25) is 0 Å². The van der Waals surface area contributed by atoms with E-state index in [9.17, 15) is 0 Å². The molecular formula is C13H29N3O2. The molecule has 0 unspecified atom stereocenters. The molecule has 0 aromatic rings. The number of aliphatic hydroxyl groups excluding tert-OH is 1. The fourth-order valence-electron chi connectivity index (χ4n) is 1.74. The average Bonchev–Trinajstić information content (AvgIpc) is 2.35. The highest BCUT2D eigenvalue weighted by molar-refractivity contribution is 5.85. The largest absolute Gasteiger partial charge is 0.409 e. The minimum absolute atomic E-state index is 0.226. The van der Waals surface area contributed by atoms with E-state index in [1.54, 1.807) is 0 Å². The van der Waals surface area contributed by atoms with Gasteiger partial charge in [0.05, 0.1) is 0 Å². The first kappa shape index (κ1) is 17.2. The van der Waals surface area contributed by atoms with Crippen LogP contribution in [-0.2, 0) is 0 Å². The molecule has 0 spiro atoms. The first-order chi connectivity index (χ1) is 8.54. The second kappa shape index (κ2) is 10.1. The number of aliphatic hydroxyl groups is 1. The van der Waals surface area contributed by atoms with E-state index in [-0.39, 0.29) is 5.41 Å². The first-order valence-electron chi connectivity index (χ1n) is 6.84. The Balaban J connectivity index is 3.40. The predicted molar refractivity (Wildman–Crippen MR) is 74.8 cm³/mol. The maximum absolute atomic E-state index is 8.65. The summed E-state index contributed by atoms with van der Waals surface area (Å²) in [5.74, 6) is 0.305. The lowest BCUT2D eigenvalue weighted by molar-refractivity contribution is 0.283. The van der Waals surface area contributed by atoms with Crippen molar-refractivity contribution >= 4 is 5.84 Å². The van der Waals surface area contributed by atoms with Crippen LogP contribution in [0.2, 0.25) is 0 Å². The van der Waals surface area contributed by atoms with E-state index in [0.717, 1.165) is 51.6 Å². The molecule has 18 heavy (non-hydrogen) atoms. The molecule has 0 aromatic heterocycles. The highest BCUT2D eigenvalue weighted by atomic mass is 16.4. The number of amidine groups is 1. The molecular weight excluding hydrogens is 230 g/mol. The molecule has 5 N–H and O–H groups in total. The van der Waals surface area contributed by atoms with E-state index in [1.165, 1.54) is 0 Å².